The highest BCUT2D eigenvalue weighted by molar-refractivity contribution is 5.62. The van der Waals surface area contributed by atoms with E-state index in [4.69, 9.17) is 5.73 Å². The molecule has 0 atom stereocenters. The average Bonchev–Trinajstić information content (AvgIpc) is 2.39. The van der Waals surface area contributed by atoms with Gasteiger partial charge in [-0.05, 0) is 33.3 Å². The van der Waals surface area contributed by atoms with Crippen LogP contribution in [0.1, 0.15) is 25.0 Å². The van der Waals surface area contributed by atoms with Gasteiger partial charge in [0.05, 0.1) is 0 Å². The summed E-state index contributed by atoms with van der Waals surface area (Å²) in [4.78, 5) is 15.1. The summed E-state index contributed by atoms with van der Waals surface area (Å²) in [5.74, 6) is 1.53. The highest BCUT2D eigenvalue weighted by atomic mass is 15.3. The van der Waals surface area contributed by atoms with Crippen LogP contribution in [0.5, 0.6) is 0 Å². The number of nitrogens with two attached hydrogens (primary N) is 1. The standard InChI is InChI=1S/C15H21N5/c1-5-20(6-2)15-18-13(17-14(16)19-15)12-8-7-10(3)9-11(12)4/h7-9H,5-6H2,1-4H3,(H2,16,17,18,19). The molecule has 5 heteroatoms. The Labute approximate surface area is 119 Å². The first-order chi connectivity index (χ1) is 9.55. The molecule has 1 heterocycles. The molecule has 0 spiro atoms. The first-order valence-corrected chi connectivity index (χ1v) is 6.89. The Morgan fingerprint density at radius 1 is 1.05 bits per heavy atom. The number of anilines is 2. The van der Waals surface area contributed by atoms with Crippen molar-refractivity contribution >= 4 is 11.9 Å². The van der Waals surface area contributed by atoms with Gasteiger partial charge in [0.15, 0.2) is 5.82 Å². The van der Waals surface area contributed by atoms with Crippen LogP contribution < -0.4 is 10.6 Å². The van der Waals surface area contributed by atoms with Crippen molar-refractivity contribution in [3.05, 3.63) is 29.3 Å². The van der Waals surface area contributed by atoms with Crippen molar-refractivity contribution in [2.75, 3.05) is 23.7 Å². The number of nitrogen functional groups attached to an aromatic ring is 1. The molecule has 1 aromatic carbocycles. The molecule has 0 radical (unpaired) electrons. The minimum Gasteiger partial charge on any atom is -0.368 e. The van der Waals surface area contributed by atoms with Gasteiger partial charge in [-0.2, -0.15) is 15.0 Å². The fraction of sp³-hybridized carbons (Fsp3) is 0.400. The molecule has 5 nitrogen and oxygen atoms in total. The lowest BCUT2D eigenvalue weighted by atomic mass is 10.1. The molecule has 0 saturated heterocycles. The molecule has 0 saturated carbocycles. The number of nitrogens with zero attached hydrogens (tertiary/aromatic N) is 4. The highest BCUT2D eigenvalue weighted by Crippen LogP contribution is 2.23. The van der Waals surface area contributed by atoms with Gasteiger partial charge in [-0.3, -0.25) is 0 Å². The molecular formula is C15H21N5. The van der Waals surface area contributed by atoms with E-state index in [1.54, 1.807) is 0 Å². The molecule has 0 aliphatic carbocycles. The molecule has 0 fully saturated rings. The van der Waals surface area contributed by atoms with E-state index >= 15 is 0 Å². The minimum absolute atomic E-state index is 0.261. The maximum absolute atomic E-state index is 5.84. The van der Waals surface area contributed by atoms with Crippen LogP contribution in [0.3, 0.4) is 0 Å². The number of aryl methyl sites for hydroxylation is 2. The van der Waals surface area contributed by atoms with Gasteiger partial charge in [-0.25, -0.2) is 0 Å². The van der Waals surface area contributed by atoms with E-state index in [0.29, 0.717) is 11.8 Å². The van der Waals surface area contributed by atoms with Crippen molar-refractivity contribution in [3.8, 4) is 11.4 Å². The predicted molar refractivity (Wildman–Crippen MR) is 82.7 cm³/mol. The molecule has 2 aromatic rings. The summed E-state index contributed by atoms with van der Waals surface area (Å²) < 4.78 is 0. The zero-order valence-corrected chi connectivity index (χ0v) is 12.5. The number of aromatic nitrogens is 3. The largest absolute Gasteiger partial charge is 0.368 e. The van der Waals surface area contributed by atoms with Gasteiger partial charge in [0.2, 0.25) is 11.9 Å². The number of benzene rings is 1. The van der Waals surface area contributed by atoms with E-state index in [1.807, 2.05) is 6.07 Å². The maximum Gasteiger partial charge on any atom is 0.230 e. The highest BCUT2D eigenvalue weighted by Gasteiger charge is 2.12. The quantitative estimate of drug-likeness (QED) is 0.925. The zero-order valence-electron chi connectivity index (χ0n) is 12.5. The first kappa shape index (κ1) is 14.2. The smallest absolute Gasteiger partial charge is 0.230 e. The molecule has 0 amide bonds. The molecule has 1 aromatic heterocycles. The van der Waals surface area contributed by atoms with Crippen molar-refractivity contribution in [1.29, 1.82) is 0 Å². The zero-order chi connectivity index (χ0) is 14.7. The second-order valence-electron chi connectivity index (χ2n) is 4.81. The van der Waals surface area contributed by atoms with Crippen molar-refractivity contribution in [2.45, 2.75) is 27.7 Å². The summed E-state index contributed by atoms with van der Waals surface area (Å²) >= 11 is 0. The molecule has 20 heavy (non-hydrogen) atoms. The SMILES string of the molecule is CCN(CC)c1nc(N)nc(-c2ccc(C)cc2C)n1. The molecule has 2 N–H and O–H groups in total. The lowest BCUT2D eigenvalue weighted by molar-refractivity contribution is 0.816. The summed E-state index contributed by atoms with van der Waals surface area (Å²) in [7, 11) is 0. The summed E-state index contributed by atoms with van der Waals surface area (Å²) in [6.07, 6.45) is 0. The normalized spacial score (nSPS) is 10.6. The van der Waals surface area contributed by atoms with Crippen LogP contribution in [0.2, 0.25) is 0 Å². The van der Waals surface area contributed by atoms with Gasteiger partial charge in [0, 0.05) is 18.7 Å². The molecular weight excluding hydrogens is 250 g/mol. The second kappa shape index (κ2) is 5.86. The Balaban J connectivity index is 2.51. The first-order valence-electron chi connectivity index (χ1n) is 6.89. The van der Waals surface area contributed by atoms with Gasteiger partial charge < -0.3 is 10.6 Å². The predicted octanol–water partition coefficient (Wildman–Crippen LogP) is 2.58. The van der Waals surface area contributed by atoms with Crippen molar-refractivity contribution in [3.63, 3.8) is 0 Å². The summed E-state index contributed by atoms with van der Waals surface area (Å²) in [5.41, 5.74) is 9.19. The topological polar surface area (TPSA) is 67.9 Å². The van der Waals surface area contributed by atoms with Gasteiger partial charge in [-0.15, -0.1) is 0 Å². The lowest BCUT2D eigenvalue weighted by Crippen LogP contribution is -2.25. The Morgan fingerprint density at radius 3 is 2.35 bits per heavy atom. The fourth-order valence-electron chi connectivity index (χ4n) is 2.21. The van der Waals surface area contributed by atoms with Crippen LogP contribution in [0.4, 0.5) is 11.9 Å². The second-order valence-corrected chi connectivity index (χ2v) is 4.81. The molecule has 0 aliphatic rings. The summed E-state index contributed by atoms with van der Waals surface area (Å²) in [6.45, 7) is 9.94. The lowest BCUT2D eigenvalue weighted by Gasteiger charge is -2.19. The fourth-order valence-corrected chi connectivity index (χ4v) is 2.21. The van der Waals surface area contributed by atoms with E-state index in [-0.39, 0.29) is 5.95 Å². The van der Waals surface area contributed by atoms with Crippen LogP contribution in [0.15, 0.2) is 18.2 Å². The number of rotatable bonds is 4. The molecule has 0 aliphatic heterocycles. The Bertz CT molecular complexity index is 605. The van der Waals surface area contributed by atoms with Crippen LogP contribution in [0, 0.1) is 13.8 Å². The Hall–Kier alpha value is -2.17. The monoisotopic (exact) mass is 271 g/mol. The van der Waals surface area contributed by atoms with Crippen LogP contribution in [-0.2, 0) is 0 Å². The number of hydrogen-bond donors (Lipinski definition) is 1. The van der Waals surface area contributed by atoms with Crippen LogP contribution in [0.25, 0.3) is 11.4 Å². The van der Waals surface area contributed by atoms with Crippen molar-refractivity contribution in [2.24, 2.45) is 0 Å². The van der Waals surface area contributed by atoms with Crippen LogP contribution in [-0.4, -0.2) is 28.0 Å². The van der Waals surface area contributed by atoms with E-state index < -0.39 is 0 Å². The molecule has 0 unspecified atom stereocenters. The maximum atomic E-state index is 5.84. The Morgan fingerprint density at radius 2 is 1.75 bits per heavy atom. The molecule has 2 rings (SSSR count). The summed E-state index contributed by atoms with van der Waals surface area (Å²) in [5, 5.41) is 0. The van der Waals surface area contributed by atoms with Gasteiger partial charge in [0.25, 0.3) is 0 Å². The van der Waals surface area contributed by atoms with Gasteiger partial charge in [-0.1, -0.05) is 23.8 Å². The minimum atomic E-state index is 0.261. The third-order valence-electron chi connectivity index (χ3n) is 3.31. The van der Waals surface area contributed by atoms with E-state index in [9.17, 15) is 0 Å². The molecule has 0 bridgehead atoms. The third-order valence-corrected chi connectivity index (χ3v) is 3.31. The van der Waals surface area contributed by atoms with E-state index in [1.165, 1.54) is 5.56 Å². The van der Waals surface area contributed by atoms with Crippen molar-refractivity contribution in [1.82, 2.24) is 15.0 Å². The van der Waals surface area contributed by atoms with Gasteiger partial charge in [0.1, 0.15) is 0 Å². The average molecular weight is 271 g/mol. The van der Waals surface area contributed by atoms with Crippen molar-refractivity contribution < 1.29 is 0 Å². The summed E-state index contributed by atoms with van der Waals surface area (Å²) in [6, 6.07) is 6.21. The van der Waals surface area contributed by atoms with Gasteiger partial charge >= 0.3 is 0 Å². The van der Waals surface area contributed by atoms with E-state index in [0.717, 1.165) is 24.2 Å². The van der Waals surface area contributed by atoms with Crippen LogP contribution >= 0.6 is 0 Å². The number of hydrogen-bond acceptors (Lipinski definition) is 5. The molecule has 106 valence electrons. The Kier molecular flexibility index (Phi) is 4.17. The van der Waals surface area contributed by atoms with E-state index in [2.05, 4.69) is 59.7 Å². The third kappa shape index (κ3) is 2.87.